The fourth-order valence-corrected chi connectivity index (χ4v) is 2.22. The fraction of sp³-hybridized carbons (Fsp3) is 0.111. The normalized spacial score (nSPS) is 10.5. The van der Waals surface area contributed by atoms with Crippen molar-refractivity contribution in [3.8, 4) is 0 Å². The maximum atomic E-state index is 11.3. The third-order valence-corrected chi connectivity index (χ3v) is 3.07. The van der Waals surface area contributed by atoms with E-state index in [1.54, 1.807) is 23.7 Å². The number of carbonyl (C=O) groups excluding carboxylic acids is 1. The Morgan fingerprint density at radius 1 is 1.46 bits per heavy atom. The quantitative estimate of drug-likeness (QED) is 0.642. The van der Waals surface area contributed by atoms with Crippen LogP contribution < -0.4 is 4.87 Å². The molecule has 0 aliphatic heterocycles. The van der Waals surface area contributed by atoms with E-state index in [1.165, 1.54) is 0 Å². The van der Waals surface area contributed by atoms with Crippen LogP contribution in [0.1, 0.15) is 10.4 Å². The van der Waals surface area contributed by atoms with E-state index in [0.29, 0.717) is 5.56 Å². The number of hydrogen-bond acceptors (Lipinski definition) is 3. The molecule has 2 aromatic rings. The van der Waals surface area contributed by atoms with Gasteiger partial charge in [0.2, 0.25) is 0 Å². The van der Waals surface area contributed by atoms with Crippen LogP contribution in [0.25, 0.3) is 10.2 Å². The molecule has 0 unspecified atom stereocenters. The van der Waals surface area contributed by atoms with E-state index in [9.17, 15) is 9.59 Å². The number of nitrogens with zero attached hydrogens (tertiary/aromatic N) is 1. The van der Waals surface area contributed by atoms with Crippen molar-refractivity contribution >= 4 is 27.8 Å². The van der Waals surface area contributed by atoms with E-state index in [0.717, 1.165) is 27.8 Å². The number of carbonyl (C=O) groups is 1. The molecule has 0 saturated carbocycles. The molecule has 0 fully saturated rings. The smallest absolute Gasteiger partial charge is 0.302 e. The molecule has 0 aliphatic carbocycles. The lowest BCUT2D eigenvalue weighted by molar-refractivity contribution is 0.112. The number of aldehydes is 1. The molecule has 66 valence electrons. The van der Waals surface area contributed by atoms with Crippen molar-refractivity contribution in [3.05, 3.63) is 33.4 Å². The predicted octanol–water partition coefficient (Wildman–Crippen LogP) is 1.41. The number of aryl methyl sites for hydroxylation is 1. The molecule has 0 spiro atoms. The largest absolute Gasteiger partial charge is 0.307 e. The Kier molecular flexibility index (Phi) is 1.77. The molecular weight excluding hydrogens is 186 g/mol. The van der Waals surface area contributed by atoms with Crippen molar-refractivity contribution in [2.24, 2.45) is 7.05 Å². The zero-order valence-corrected chi connectivity index (χ0v) is 7.80. The first-order chi connectivity index (χ1) is 6.24. The molecule has 13 heavy (non-hydrogen) atoms. The highest BCUT2D eigenvalue weighted by molar-refractivity contribution is 7.16. The minimum atomic E-state index is -0.0377. The number of rotatable bonds is 1. The average molecular weight is 193 g/mol. The first kappa shape index (κ1) is 8.19. The van der Waals surface area contributed by atoms with Crippen LogP contribution in [0.3, 0.4) is 0 Å². The number of fused-ring (bicyclic) bond motifs is 1. The van der Waals surface area contributed by atoms with Gasteiger partial charge in [0.1, 0.15) is 0 Å². The Hall–Kier alpha value is -1.42. The standard InChI is InChI=1S/C9H7NO2S/c1-10-7-4-2-3-6(5-11)8(7)13-9(10)12/h2-5H,1H3. The minimum Gasteiger partial charge on any atom is -0.302 e. The second-order valence-corrected chi connectivity index (χ2v) is 3.70. The van der Waals surface area contributed by atoms with Gasteiger partial charge in [0.05, 0.1) is 10.2 Å². The minimum absolute atomic E-state index is 0.0377. The SMILES string of the molecule is Cn1c(=O)sc2c(C=O)cccc21. The number of thiazole rings is 1. The molecule has 0 saturated heterocycles. The maximum Gasteiger partial charge on any atom is 0.307 e. The lowest BCUT2D eigenvalue weighted by atomic mass is 10.2. The summed E-state index contributed by atoms with van der Waals surface area (Å²) in [6.07, 6.45) is 0.776. The highest BCUT2D eigenvalue weighted by atomic mass is 32.1. The van der Waals surface area contributed by atoms with Gasteiger partial charge in [0, 0.05) is 12.6 Å². The van der Waals surface area contributed by atoms with Crippen LogP contribution in [-0.2, 0) is 7.05 Å². The summed E-state index contributed by atoms with van der Waals surface area (Å²) in [5.41, 5.74) is 1.40. The summed E-state index contributed by atoms with van der Waals surface area (Å²) < 4.78 is 2.32. The molecule has 0 bridgehead atoms. The summed E-state index contributed by atoms with van der Waals surface area (Å²) in [6.45, 7) is 0. The summed E-state index contributed by atoms with van der Waals surface area (Å²) >= 11 is 1.11. The van der Waals surface area contributed by atoms with Gasteiger partial charge < -0.3 is 4.57 Å². The van der Waals surface area contributed by atoms with Crippen molar-refractivity contribution in [3.63, 3.8) is 0 Å². The summed E-state index contributed by atoms with van der Waals surface area (Å²) in [4.78, 5) is 21.9. The molecule has 2 rings (SSSR count). The molecule has 1 heterocycles. The Bertz CT molecular complexity index is 524. The highest BCUT2D eigenvalue weighted by Gasteiger charge is 2.06. The number of hydrogen-bond donors (Lipinski definition) is 0. The number of aromatic nitrogens is 1. The highest BCUT2D eigenvalue weighted by Crippen LogP contribution is 2.19. The molecule has 0 N–H and O–H groups in total. The summed E-state index contributed by atoms with van der Waals surface area (Å²) in [7, 11) is 1.70. The Balaban J connectivity index is 3.00. The molecule has 4 heteroatoms. The van der Waals surface area contributed by atoms with Gasteiger partial charge in [-0.25, -0.2) is 0 Å². The van der Waals surface area contributed by atoms with Crippen LogP contribution in [0.15, 0.2) is 23.0 Å². The zero-order chi connectivity index (χ0) is 9.42. The van der Waals surface area contributed by atoms with E-state index < -0.39 is 0 Å². The molecule has 1 aromatic carbocycles. The van der Waals surface area contributed by atoms with Gasteiger partial charge in [-0.3, -0.25) is 9.59 Å². The van der Waals surface area contributed by atoms with Gasteiger partial charge in [-0.2, -0.15) is 0 Å². The summed E-state index contributed by atoms with van der Waals surface area (Å²) in [5.74, 6) is 0. The maximum absolute atomic E-state index is 11.3. The third kappa shape index (κ3) is 1.10. The predicted molar refractivity (Wildman–Crippen MR) is 52.5 cm³/mol. The molecule has 1 aromatic heterocycles. The Morgan fingerprint density at radius 2 is 2.23 bits per heavy atom. The van der Waals surface area contributed by atoms with Gasteiger partial charge in [0.15, 0.2) is 6.29 Å². The van der Waals surface area contributed by atoms with Crippen molar-refractivity contribution < 1.29 is 4.79 Å². The monoisotopic (exact) mass is 193 g/mol. The van der Waals surface area contributed by atoms with E-state index >= 15 is 0 Å². The van der Waals surface area contributed by atoms with E-state index in [-0.39, 0.29) is 4.87 Å². The van der Waals surface area contributed by atoms with Crippen LogP contribution in [0.5, 0.6) is 0 Å². The lowest BCUT2D eigenvalue weighted by Crippen LogP contribution is -2.06. The molecular formula is C9H7NO2S. The lowest BCUT2D eigenvalue weighted by Gasteiger charge is -1.94. The van der Waals surface area contributed by atoms with Gasteiger partial charge in [-0.05, 0) is 6.07 Å². The van der Waals surface area contributed by atoms with Gasteiger partial charge in [0.25, 0.3) is 0 Å². The van der Waals surface area contributed by atoms with Gasteiger partial charge in [-0.15, -0.1) is 0 Å². The fourth-order valence-electron chi connectivity index (χ4n) is 1.26. The molecule has 0 amide bonds. The van der Waals surface area contributed by atoms with E-state index in [1.807, 2.05) is 6.07 Å². The summed E-state index contributed by atoms with van der Waals surface area (Å²) in [5, 5.41) is 0. The average Bonchev–Trinajstić information content (AvgIpc) is 2.43. The Labute approximate surface area is 78.2 Å². The number of benzene rings is 1. The molecule has 0 aliphatic rings. The second kappa shape index (κ2) is 2.81. The molecule has 3 nitrogen and oxygen atoms in total. The third-order valence-electron chi connectivity index (χ3n) is 1.98. The first-order valence-electron chi connectivity index (χ1n) is 3.78. The second-order valence-electron chi connectivity index (χ2n) is 2.74. The molecule has 0 atom stereocenters. The van der Waals surface area contributed by atoms with Crippen molar-refractivity contribution in [2.75, 3.05) is 0 Å². The van der Waals surface area contributed by atoms with Crippen molar-refractivity contribution in [1.82, 2.24) is 4.57 Å². The van der Waals surface area contributed by atoms with Crippen LogP contribution in [-0.4, -0.2) is 10.9 Å². The zero-order valence-electron chi connectivity index (χ0n) is 6.98. The van der Waals surface area contributed by atoms with E-state index in [2.05, 4.69) is 0 Å². The van der Waals surface area contributed by atoms with Crippen molar-refractivity contribution in [2.45, 2.75) is 0 Å². The van der Waals surface area contributed by atoms with Crippen LogP contribution in [0, 0.1) is 0 Å². The first-order valence-corrected chi connectivity index (χ1v) is 4.59. The van der Waals surface area contributed by atoms with Gasteiger partial charge in [-0.1, -0.05) is 23.5 Å². The van der Waals surface area contributed by atoms with Crippen LogP contribution >= 0.6 is 11.3 Å². The Morgan fingerprint density at radius 3 is 2.92 bits per heavy atom. The van der Waals surface area contributed by atoms with Gasteiger partial charge >= 0.3 is 4.87 Å². The van der Waals surface area contributed by atoms with Crippen LogP contribution in [0.4, 0.5) is 0 Å². The molecule has 0 radical (unpaired) electrons. The summed E-state index contributed by atoms with van der Waals surface area (Å²) in [6, 6.07) is 5.32. The van der Waals surface area contributed by atoms with Crippen LogP contribution in [0.2, 0.25) is 0 Å². The van der Waals surface area contributed by atoms with E-state index in [4.69, 9.17) is 0 Å². The topological polar surface area (TPSA) is 39.1 Å². The van der Waals surface area contributed by atoms with Crippen molar-refractivity contribution in [1.29, 1.82) is 0 Å².